The van der Waals surface area contributed by atoms with E-state index in [1.165, 1.54) is 11.1 Å². The summed E-state index contributed by atoms with van der Waals surface area (Å²) in [6.45, 7) is 4.18. The number of benzene rings is 2. The van der Waals surface area contributed by atoms with Crippen molar-refractivity contribution in [2.75, 3.05) is 27.4 Å². The molecule has 1 aliphatic heterocycles. The van der Waals surface area contributed by atoms with Crippen molar-refractivity contribution >= 4 is 40.1 Å². The number of hydrogen-bond donors (Lipinski definition) is 1. The molecule has 0 saturated carbocycles. The van der Waals surface area contributed by atoms with Crippen molar-refractivity contribution in [2.45, 2.75) is 26.4 Å². The molecule has 0 atom stereocenters. The van der Waals surface area contributed by atoms with Gasteiger partial charge in [0.05, 0.1) is 25.8 Å². The Bertz CT molecular complexity index is 1140. The average molecular weight is 463 g/mol. The monoisotopic (exact) mass is 462 g/mol. The van der Waals surface area contributed by atoms with Crippen LogP contribution in [0.5, 0.6) is 11.5 Å². The molecular weight excluding hydrogens is 439 g/mol. The van der Waals surface area contributed by atoms with Gasteiger partial charge in [-0.25, -0.2) is 4.79 Å². The Hall–Kier alpha value is -2.41. The normalized spacial score (nSPS) is 13.8. The number of carbonyl (C=O) groups excluding carboxylic acids is 1. The van der Waals surface area contributed by atoms with Crippen LogP contribution in [0.15, 0.2) is 24.3 Å². The quantitative estimate of drug-likeness (QED) is 0.508. The Labute approximate surface area is 191 Å². The third-order valence-electron chi connectivity index (χ3n) is 5.58. The minimum Gasteiger partial charge on any atom is -0.493 e. The zero-order chi connectivity index (χ0) is 22.1. The number of nitrogens with one attached hydrogen (secondary N) is 1. The van der Waals surface area contributed by atoms with E-state index in [0.717, 1.165) is 41.7 Å². The maximum absolute atomic E-state index is 12.6. The van der Waals surface area contributed by atoms with Crippen LogP contribution in [0.3, 0.4) is 0 Å². The molecule has 8 heteroatoms. The lowest BCUT2D eigenvalue weighted by Crippen LogP contribution is -2.30. The summed E-state index contributed by atoms with van der Waals surface area (Å²) in [4.78, 5) is 18.1. The van der Waals surface area contributed by atoms with Crippen LogP contribution >= 0.6 is 23.2 Å². The van der Waals surface area contributed by atoms with Crippen LogP contribution in [-0.2, 0) is 24.2 Å². The number of esters is 1. The first-order valence-corrected chi connectivity index (χ1v) is 10.8. The van der Waals surface area contributed by atoms with Crippen LogP contribution in [0.4, 0.5) is 0 Å². The first kappa shape index (κ1) is 21.8. The van der Waals surface area contributed by atoms with Gasteiger partial charge in [0, 0.05) is 41.1 Å². The fraction of sp³-hybridized carbons (Fsp3) is 0.348. The number of aromatic nitrogens is 1. The molecule has 1 aliphatic rings. The smallest absolute Gasteiger partial charge is 0.355 e. The molecule has 6 nitrogen and oxygen atoms in total. The van der Waals surface area contributed by atoms with Gasteiger partial charge in [-0.05, 0) is 48.7 Å². The van der Waals surface area contributed by atoms with Crippen molar-refractivity contribution in [1.82, 2.24) is 9.88 Å². The molecule has 1 N–H and O–H groups in total. The Morgan fingerprint density at radius 2 is 1.81 bits per heavy atom. The predicted molar refractivity (Wildman–Crippen MR) is 122 cm³/mol. The second-order valence-electron chi connectivity index (χ2n) is 7.45. The highest BCUT2D eigenvalue weighted by Gasteiger charge is 2.25. The topological polar surface area (TPSA) is 63.8 Å². The number of halogens is 2. The molecule has 2 aromatic carbocycles. The Balaban J connectivity index is 1.70. The van der Waals surface area contributed by atoms with Gasteiger partial charge in [0.15, 0.2) is 11.5 Å². The highest BCUT2D eigenvalue weighted by molar-refractivity contribution is 6.39. The van der Waals surface area contributed by atoms with Crippen molar-refractivity contribution in [1.29, 1.82) is 0 Å². The molecule has 0 bridgehead atoms. The van der Waals surface area contributed by atoms with Crippen molar-refractivity contribution < 1.29 is 19.0 Å². The SMILES string of the molecule is CCOC(=O)c1[nH]c2cc(Cl)cc(Cl)c2c1CN1CCc2cc(OC)c(OC)cc2C1. The molecule has 0 fully saturated rings. The van der Waals surface area contributed by atoms with E-state index in [-0.39, 0.29) is 0 Å². The van der Waals surface area contributed by atoms with Crippen LogP contribution in [0.1, 0.15) is 34.1 Å². The van der Waals surface area contributed by atoms with Crippen LogP contribution in [0, 0.1) is 0 Å². The third-order valence-corrected chi connectivity index (χ3v) is 6.09. The number of carbonyl (C=O) groups is 1. The van der Waals surface area contributed by atoms with Gasteiger partial charge < -0.3 is 19.2 Å². The first-order valence-electron chi connectivity index (χ1n) is 10.1. The number of methoxy groups -OCH3 is 2. The molecule has 2 heterocycles. The molecule has 164 valence electrons. The summed E-state index contributed by atoms with van der Waals surface area (Å²) in [5.74, 6) is 1.05. The Kier molecular flexibility index (Phi) is 6.32. The minimum atomic E-state index is -0.398. The lowest BCUT2D eigenvalue weighted by molar-refractivity contribution is 0.0518. The number of hydrogen-bond acceptors (Lipinski definition) is 5. The van der Waals surface area contributed by atoms with Crippen molar-refractivity contribution in [3.8, 4) is 11.5 Å². The van der Waals surface area contributed by atoms with Gasteiger partial charge >= 0.3 is 5.97 Å². The number of H-pyrrole nitrogens is 1. The Morgan fingerprint density at radius 1 is 1.10 bits per heavy atom. The fourth-order valence-electron chi connectivity index (χ4n) is 4.15. The van der Waals surface area contributed by atoms with Crippen molar-refractivity contribution in [2.24, 2.45) is 0 Å². The van der Waals surface area contributed by atoms with E-state index in [0.29, 0.717) is 34.6 Å². The lowest BCUT2D eigenvalue weighted by Gasteiger charge is -2.29. The van der Waals surface area contributed by atoms with Crippen molar-refractivity contribution in [3.05, 3.63) is 56.7 Å². The van der Waals surface area contributed by atoms with Crippen LogP contribution < -0.4 is 9.47 Å². The zero-order valence-electron chi connectivity index (χ0n) is 17.7. The third kappa shape index (κ3) is 4.20. The molecule has 0 radical (unpaired) electrons. The standard InChI is InChI=1S/C23H24Cl2N2O4/c1-4-31-23(28)22-16(21-17(25)9-15(24)10-18(21)26-22)12-27-6-5-13-7-19(29-2)20(30-3)8-14(13)11-27/h7-10,26H,4-6,11-12H2,1-3H3. The summed E-state index contributed by atoms with van der Waals surface area (Å²) in [5, 5.41) is 1.81. The summed E-state index contributed by atoms with van der Waals surface area (Å²) in [6, 6.07) is 7.53. The van der Waals surface area contributed by atoms with Gasteiger partial charge in [0.2, 0.25) is 0 Å². The molecule has 1 aromatic heterocycles. The predicted octanol–water partition coefficient (Wildman–Crippen LogP) is 5.23. The molecule has 4 rings (SSSR count). The van der Waals surface area contributed by atoms with E-state index in [1.54, 1.807) is 33.3 Å². The van der Waals surface area contributed by atoms with Gasteiger partial charge in [-0.3, -0.25) is 4.90 Å². The second-order valence-corrected chi connectivity index (χ2v) is 8.29. The number of nitrogens with zero attached hydrogens (tertiary/aromatic N) is 1. The molecule has 0 aliphatic carbocycles. The van der Waals surface area contributed by atoms with Crippen LogP contribution in [0.2, 0.25) is 10.0 Å². The van der Waals surface area contributed by atoms with E-state index in [2.05, 4.69) is 9.88 Å². The van der Waals surface area contributed by atoms with E-state index in [9.17, 15) is 4.79 Å². The van der Waals surface area contributed by atoms with E-state index >= 15 is 0 Å². The summed E-state index contributed by atoms with van der Waals surface area (Å²) in [5.41, 5.74) is 4.37. The summed E-state index contributed by atoms with van der Waals surface area (Å²) >= 11 is 12.7. The summed E-state index contributed by atoms with van der Waals surface area (Å²) in [6.07, 6.45) is 0.867. The summed E-state index contributed by atoms with van der Waals surface area (Å²) in [7, 11) is 3.28. The summed E-state index contributed by atoms with van der Waals surface area (Å²) < 4.78 is 16.2. The minimum absolute atomic E-state index is 0.293. The van der Waals surface area contributed by atoms with E-state index in [1.807, 2.05) is 12.1 Å². The molecule has 0 unspecified atom stereocenters. The molecule has 0 saturated heterocycles. The van der Waals surface area contributed by atoms with Gasteiger partial charge in [0.1, 0.15) is 5.69 Å². The number of ether oxygens (including phenoxy) is 3. The van der Waals surface area contributed by atoms with Crippen molar-refractivity contribution in [3.63, 3.8) is 0 Å². The zero-order valence-corrected chi connectivity index (χ0v) is 19.2. The number of aromatic amines is 1. The number of fused-ring (bicyclic) bond motifs is 2. The molecule has 3 aromatic rings. The molecule has 0 spiro atoms. The van der Waals surface area contributed by atoms with Gasteiger partial charge in [0.25, 0.3) is 0 Å². The first-order chi connectivity index (χ1) is 14.9. The lowest BCUT2D eigenvalue weighted by atomic mass is 9.98. The molecule has 0 amide bonds. The van der Waals surface area contributed by atoms with Gasteiger partial charge in [-0.15, -0.1) is 0 Å². The maximum atomic E-state index is 12.6. The molecule has 31 heavy (non-hydrogen) atoms. The number of rotatable bonds is 6. The largest absolute Gasteiger partial charge is 0.493 e. The van der Waals surface area contributed by atoms with Crippen LogP contribution in [0.25, 0.3) is 10.9 Å². The van der Waals surface area contributed by atoms with Gasteiger partial charge in [-0.2, -0.15) is 0 Å². The molecular formula is C23H24Cl2N2O4. The second kappa shape index (κ2) is 8.99. The maximum Gasteiger partial charge on any atom is 0.355 e. The van der Waals surface area contributed by atoms with Crippen LogP contribution in [-0.4, -0.2) is 43.2 Å². The van der Waals surface area contributed by atoms with E-state index in [4.69, 9.17) is 37.4 Å². The average Bonchev–Trinajstić information content (AvgIpc) is 3.11. The fourth-order valence-corrected chi connectivity index (χ4v) is 4.76. The van der Waals surface area contributed by atoms with Gasteiger partial charge in [-0.1, -0.05) is 23.2 Å². The highest BCUT2D eigenvalue weighted by Crippen LogP contribution is 2.36. The highest BCUT2D eigenvalue weighted by atomic mass is 35.5. The Morgan fingerprint density at radius 3 is 2.48 bits per heavy atom. The van der Waals surface area contributed by atoms with E-state index < -0.39 is 5.97 Å².